The molecule has 0 saturated carbocycles. The van der Waals surface area contributed by atoms with Crippen molar-refractivity contribution in [1.82, 2.24) is 4.90 Å². The average molecular weight is 360 g/mol. The Morgan fingerprint density at radius 3 is 2.22 bits per heavy atom. The first kappa shape index (κ1) is 19.2. The molecule has 0 N–H and O–H groups in total. The quantitative estimate of drug-likeness (QED) is 0.393. The van der Waals surface area contributed by atoms with Crippen LogP contribution in [0.2, 0.25) is 0 Å². The minimum absolute atomic E-state index is 0.819. The topological polar surface area (TPSA) is 16.4 Å². The van der Waals surface area contributed by atoms with E-state index >= 15 is 0 Å². The lowest BCUT2D eigenvalue weighted by atomic mass is 10.1. The van der Waals surface area contributed by atoms with Crippen LogP contribution in [0.4, 0.5) is 0 Å². The van der Waals surface area contributed by atoms with Crippen molar-refractivity contribution < 1.29 is 4.42 Å². The van der Waals surface area contributed by atoms with Crippen molar-refractivity contribution in [3.05, 3.63) is 102 Å². The van der Waals surface area contributed by atoms with Gasteiger partial charge in [-0.1, -0.05) is 66.7 Å². The second kappa shape index (κ2) is 10.5. The third-order valence-corrected chi connectivity index (χ3v) is 4.61. The minimum Gasteiger partial charge on any atom is -0.460 e. The molecule has 0 spiro atoms. The molecule has 0 radical (unpaired) electrons. The van der Waals surface area contributed by atoms with Crippen molar-refractivity contribution in [3.63, 3.8) is 0 Å². The van der Waals surface area contributed by atoms with Gasteiger partial charge in [0.1, 0.15) is 11.5 Å². The van der Waals surface area contributed by atoms with Crippen molar-refractivity contribution in [3.8, 4) is 0 Å². The molecular weight excluding hydrogens is 330 g/mol. The summed E-state index contributed by atoms with van der Waals surface area (Å²) in [5.41, 5.74) is 2.75. The summed E-state index contributed by atoms with van der Waals surface area (Å²) in [5, 5.41) is 0. The zero-order chi connectivity index (χ0) is 18.7. The van der Waals surface area contributed by atoms with Crippen LogP contribution in [0.1, 0.15) is 41.9 Å². The van der Waals surface area contributed by atoms with Gasteiger partial charge in [-0.15, -0.1) is 0 Å². The lowest BCUT2D eigenvalue weighted by molar-refractivity contribution is 0.287. The van der Waals surface area contributed by atoms with Crippen LogP contribution in [0.3, 0.4) is 0 Å². The first-order chi connectivity index (χ1) is 13.3. The minimum atomic E-state index is 0.819. The Bertz CT molecular complexity index is 805. The number of hydrogen-bond donors (Lipinski definition) is 0. The summed E-state index contributed by atoms with van der Waals surface area (Å²) in [7, 11) is 2.12. The zero-order valence-electron chi connectivity index (χ0n) is 16.2. The van der Waals surface area contributed by atoms with Gasteiger partial charge in [0, 0.05) is 6.54 Å². The first-order valence-electron chi connectivity index (χ1n) is 9.81. The molecule has 0 fully saturated rings. The smallest absolute Gasteiger partial charge is 0.126 e. The predicted molar refractivity (Wildman–Crippen MR) is 113 cm³/mol. The van der Waals surface area contributed by atoms with Gasteiger partial charge in [-0.3, -0.25) is 4.90 Å². The van der Waals surface area contributed by atoms with E-state index in [-0.39, 0.29) is 0 Å². The summed E-state index contributed by atoms with van der Waals surface area (Å²) < 4.78 is 5.94. The summed E-state index contributed by atoms with van der Waals surface area (Å²) >= 11 is 0. The second-order valence-electron chi connectivity index (χ2n) is 7.10. The monoisotopic (exact) mass is 359 g/mol. The second-order valence-corrected chi connectivity index (χ2v) is 7.10. The van der Waals surface area contributed by atoms with E-state index in [0.29, 0.717) is 0 Å². The third kappa shape index (κ3) is 6.92. The van der Waals surface area contributed by atoms with Crippen LogP contribution in [0.15, 0.2) is 83.3 Å². The molecular formula is C25H29NO. The fourth-order valence-electron chi connectivity index (χ4n) is 3.22. The van der Waals surface area contributed by atoms with Gasteiger partial charge >= 0.3 is 0 Å². The normalized spacial score (nSPS) is 11.5. The fourth-order valence-corrected chi connectivity index (χ4v) is 3.22. The molecule has 0 atom stereocenters. The van der Waals surface area contributed by atoms with E-state index in [1.54, 1.807) is 0 Å². The van der Waals surface area contributed by atoms with Gasteiger partial charge in [0.2, 0.25) is 0 Å². The Balaban J connectivity index is 1.36. The molecule has 2 heteroatoms. The Morgan fingerprint density at radius 1 is 0.778 bits per heavy atom. The van der Waals surface area contributed by atoms with Crippen molar-refractivity contribution >= 4 is 6.08 Å². The molecule has 27 heavy (non-hydrogen) atoms. The van der Waals surface area contributed by atoms with Gasteiger partial charge in [0.25, 0.3) is 0 Å². The molecule has 3 aromatic rings. The van der Waals surface area contributed by atoms with Gasteiger partial charge in [0.15, 0.2) is 0 Å². The standard InChI is InChI=1S/C25H29NO/c1-26(20-23-15-9-5-10-16-23)21-25-19-18-24(27-25)17-11-3-2-6-12-22-13-7-4-8-14-22/h4-5,7-11,13-19H,2-3,6,12,20-21H2,1H3. The number of furan rings is 1. The van der Waals surface area contributed by atoms with E-state index in [0.717, 1.165) is 37.5 Å². The Kier molecular flexibility index (Phi) is 7.49. The largest absolute Gasteiger partial charge is 0.460 e. The Morgan fingerprint density at radius 2 is 1.48 bits per heavy atom. The van der Waals surface area contributed by atoms with E-state index in [4.69, 9.17) is 4.42 Å². The molecule has 0 aliphatic carbocycles. The molecule has 1 heterocycles. The van der Waals surface area contributed by atoms with Gasteiger partial charge in [0.05, 0.1) is 6.54 Å². The summed E-state index contributed by atoms with van der Waals surface area (Å²) in [5.74, 6) is 1.96. The van der Waals surface area contributed by atoms with Crippen molar-refractivity contribution in [2.75, 3.05) is 7.05 Å². The molecule has 0 bridgehead atoms. The highest BCUT2D eigenvalue weighted by Crippen LogP contribution is 2.14. The number of nitrogens with zero attached hydrogens (tertiary/aromatic N) is 1. The fraction of sp³-hybridized carbons (Fsp3) is 0.280. The maximum absolute atomic E-state index is 5.94. The van der Waals surface area contributed by atoms with Crippen molar-refractivity contribution in [2.45, 2.75) is 38.8 Å². The maximum Gasteiger partial charge on any atom is 0.126 e. The van der Waals surface area contributed by atoms with E-state index in [9.17, 15) is 0 Å². The Labute approximate surface area is 163 Å². The van der Waals surface area contributed by atoms with Crippen LogP contribution < -0.4 is 0 Å². The molecule has 2 nitrogen and oxygen atoms in total. The molecule has 0 unspecified atom stereocenters. The SMILES string of the molecule is CN(Cc1ccccc1)Cc1ccc(C=CCCCCc2ccccc2)o1. The van der Waals surface area contributed by atoms with Gasteiger partial charge in [-0.25, -0.2) is 0 Å². The highest BCUT2D eigenvalue weighted by atomic mass is 16.3. The highest BCUT2D eigenvalue weighted by Gasteiger charge is 2.05. The van der Waals surface area contributed by atoms with Crippen LogP contribution in [0, 0.1) is 0 Å². The number of unbranched alkanes of at least 4 members (excludes halogenated alkanes) is 2. The first-order valence-corrected chi connectivity index (χ1v) is 9.81. The van der Waals surface area contributed by atoms with E-state index < -0.39 is 0 Å². The van der Waals surface area contributed by atoms with E-state index in [1.807, 2.05) is 0 Å². The van der Waals surface area contributed by atoms with Crippen molar-refractivity contribution in [1.29, 1.82) is 0 Å². The molecule has 140 valence electrons. The molecule has 3 rings (SSSR count). The van der Waals surface area contributed by atoms with Crippen molar-refractivity contribution in [2.24, 2.45) is 0 Å². The predicted octanol–water partition coefficient (Wildman–Crippen LogP) is 6.34. The highest BCUT2D eigenvalue weighted by molar-refractivity contribution is 5.42. The summed E-state index contributed by atoms with van der Waals surface area (Å²) in [6, 6.07) is 25.4. The summed E-state index contributed by atoms with van der Waals surface area (Å²) in [4.78, 5) is 2.27. The number of aryl methyl sites for hydroxylation is 1. The molecule has 1 aromatic heterocycles. The Hall–Kier alpha value is -2.58. The van der Waals surface area contributed by atoms with Gasteiger partial charge < -0.3 is 4.42 Å². The number of rotatable bonds is 10. The number of benzene rings is 2. The van der Waals surface area contributed by atoms with Crippen LogP contribution in [-0.4, -0.2) is 11.9 Å². The van der Waals surface area contributed by atoms with Crippen LogP contribution in [0.25, 0.3) is 6.08 Å². The summed E-state index contributed by atoms with van der Waals surface area (Å²) in [6.45, 7) is 1.74. The molecule has 0 saturated heterocycles. The van der Waals surface area contributed by atoms with Crippen LogP contribution in [0.5, 0.6) is 0 Å². The lowest BCUT2D eigenvalue weighted by Crippen LogP contribution is -2.16. The lowest BCUT2D eigenvalue weighted by Gasteiger charge is -2.14. The maximum atomic E-state index is 5.94. The average Bonchev–Trinajstić information content (AvgIpc) is 3.13. The molecule has 0 aliphatic rings. The number of hydrogen-bond acceptors (Lipinski definition) is 2. The van der Waals surface area contributed by atoms with Gasteiger partial charge in [-0.05, 0) is 62.1 Å². The number of allylic oxidation sites excluding steroid dienone is 1. The third-order valence-electron chi connectivity index (χ3n) is 4.61. The van der Waals surface area contributed by atoms with Crippen LogP contribution in [-0.2, 0) is 19.5 Å². The summed E-state index contributed by atoms with van der Waals surface area (Å²) in [6.07, 6.45) is 9.01. The molecule has 2 aromatic carbocycles. The van der Waals surface area contributed by atoms with Crippen LogP contribution >= 0.6 is 0 Å². The molecule has 0 aliphatic heterocycles. The van der Waals surface area contributed by atoms with Gasteiger partial charge in [-0.2, -0.15) is 0 Å². The molecule has 0 amide bonds. The van der Waals surface area contributed by atoms with E-state index in [2.05, 4.69) is 96.9 Å². The van der Waals surface area contributed by atoms with E-state index in [1.165, 1.54) is 24.0 Å². The zero-order valence-corrected chi connectivity index (χ0v) is 16.2.